The van der Waals surface area contributed by atoms with Crippen LogP contribution < -0.4 is 5.32 Å². The van der Waals surface area contributed by atoms with Crippen LogP contribution in [-0.4, -0.2) is 23.5 Å². The van der Waals surface area contributed by atoms with Crippen molar-refractivity contribution >= 4 is 5.91 Å². The van der Waals surface area contributed by atoms with Gasteiger partial charge >= 0.3 is 0 Å². The first kappa shape index (κ1) is 12.8. The summed E-state index contributed by atoms with van der Waals surface area (Å²) >= 11 is 0. The van der Waals surface area contributed by atoms with Gasteiger partial charge in [-0.3, -0.25) is 9.78 Å². The molecule has 1 unspecified atom stereocenters. The maximum atomic E-state index is 11.9. The molecular formula is C16H16N2O2. The summed E-state index contributed by atoms with van der Waals surface area (Å²) in [5.41, 5.74) is 2.97. The van der Waals surface area contributed by atoms with E-state index in [1.165, 1.54) is 11.1 Å². The van der Waals surface area contributed by atoms with Crippen molar-refractivity contribution in [2.45, 2.75) is 19.1 Å². The van der Waals surface area contributed by atoms with Crippen molar-refractivity contribution in [3.63, 3.8) is 0 Å². The van der Waals surface area contributed by atoms with E-state index in [1.54, 1.807) is 24.4 Å². The number of nitrogens with zero attached hydrogens (tertiary/aromatic N) is 1. The molecule has 3 rings (SSSR count). The van der Waals surface area contributed by atoms with Gasteiger partial charge in [0.2, 0.25) is 0 Å². The van der Waals surface area contributed by atoms with Gasteiger partial charge in [0.1, 0.15) is 5.69 Å². The van der Waals surface area contributed by atoms with Gasteiger partial charge in [-0.25, -0.2) is 0 Å². The zero-order chi connectivity index (χ0) is 13.8. The highest BCUT2D eigenvalue weighted by Crippen LogP contribution is 2.19. The average Bonchev–Trinajstić information content (AvgIpc) is 2.53. The monoisotopic (exact) mass is 268 g/mol. The van der Waals surface area contributed by atoms with Gasteiger partial charge in [-0.15, -0.1) is 0 Å². The van der Waals surface area contributed by atoms with Crippen molar-refractivity contribution in [3.8, 4) is 0 Å². The van der Waals surface area contributed by atoms with Gasteiger partial charge < -0.3 is 10.1 Å². The van der Waals surface area contributed by atoms with E-state index in [0.717, 1.165) is 6.42 Å². The summed E-state index contributed by atoms with van der Waals surface area (Å²) in [7, 11) is 0. The third-order valence-corrected chi connectivity index (χ3v) is 3.43. The summed E-state index contributed by atoms with van der Waals surface area (Å²) in [4.78, 5) is 15.9. The second kappa shape index (κ2) is 5.84. The predicted molar refractivity (Wildman–Crippen MR) is 75.3 cm³/mol. The van der Waals surface area contributed by atoms with Crippen LogP contribution in [0.15, 0.2) is 48.7 Å². The molecule has 4 heteroatoms. The van der Waals surface area contributed by atoms with Crippen LogP contribution in [0.3, 0.4) is 0 Å². The molecule has 1 N–H and O–H groups in total. The van der Waals surface area contributed by atoms with E-state index < -0.39 is 0 Å². The Balaban J connectivity index is 1.57. The van der Waals surface area contributed by atoms with Crippen LogP contribution >= 0.6 is 0 Å². The van der Waals surface area contributed by atoms with Crippen LogP contribution in [-0.2, 0) is 17.8 Å². The Morgan fingerprint density at radius 2 is 2.00 bits per heavy atom. The van der Waals surface area contributed by atoms with Crippen molar-refractivity contribution in [3.05, 3.63) is 65.5 Å². The number of hydrogen-bond acceptors (Lipinski definition) is 3. The molecule has 1 aliphatic rings. The minimum absolute atomic E-state index is 0.0255. The molecule has 0 saturated carbocycles. The lowest BCUT2D eigenvalue weighted by Gasteiger charge is -2.25. The van der Waals surface area contributed by atoms with Crippen LogP contribution in [0, 0.1) is 0 Å². The average molecular weight is 268 g/mol. The molecule has 0 fully saturated rings. The second-order valence-corrected chi connectivity index (χ2v) is 4.83. The van der Waals surface area contributed by atoms with Gasteiger partial charge in [0, 0.05) is 19.2 Å². The van der Waals surface area contributed by atoms with Gasteiger partial charge in [0.15, 0.2) is 0 Å². The lowest BCUT2D eigenvalue weighted by Crippen LogP contribution is -2.37. The summed E-state index contributed by atoms with van der Waals surface area (Å²) in [6, 6.07) is 13.5. The van der Waals surface area contributed by atoms with E-state index in [9.17, 15) is 4.79 Å². The Morgan fingerprint density at radius 1 is 1.20 bits per heavy atom. The molecule has 0 saturated heterocycles. The molecule has 102 valence electrons. The van der Waals surface area contributed by atoms with Crippen LogP contribution in [0.2, 0.25) is 0 Å². The molecule has 0 bridgehead atoms. The summed E-state index contributed by atoms with van der Waals surface area (Å²) in [6.07, 6.45) is 2.47. The first-order chi connectivity index (χ1) is 9.83. The molecule has 1 aromatic heterocycles. The molecule has 20 heavy (non-hydrogen) atoms. The number of aromatic nitrogens is 1. The molecule has 0 spiro atoms. The molecule has 1 atom stereocenters. The highest BCUT2D eigenvalue weighted by Gasteiger charge is 2.19. The summed E-state index contributed by atoms with van der Waals surface area (Å²) in [5.74, 6) is -0.159. The Morgan fingerprint density at radius 3 is 2.80 bits per heavy atom. The van der Waals surface area contributed by atoms with E-state index >= 15 is 0 Å². The number of ether oxygens (including phenoxy) is 1. The first-order valence-electron chi connectivity index (χ1n) is 6.70. The number of pyridine rings is 1. The number of fused-ring (bicyclic) bond motifs is 1. The summed E-state index contributed by atoms with van der Waals surface area (Å²) < 4.78 is 5.76. The van der Waals surface area contributed by atoms with E-state index in [0.29, 0.717) is 18.8 Å². The number of hydrogen-bond donors (Lipinski definition) is 1. The summed E-state index contributed by atoms with van der Waals surface area (Å²) in [5, 5.41) is 2.87. The maximum Gasteiger partial charge on any atom is 0.269 e. The smallest absolute Gasteiger partial charge is 0.269 e. The molecule has 1 aromatic carbocycles. The van der Waals surface area contributed by atoms with Gasteiger partial charge in [0.25, 0.3) is 5.91 Å². The summed E-state index contributed by atoms with van der Waals surface area (Å²) in [6.45, 7) is 1.12. The molecular weight excluding hydrogens is 252 g/mol. The Kier molecular flexibility index (Phi) is 3.74. The minimum atomic E-state index is -0.159. The van der Waals surface area contributed by atoms with Crippen molar-refractivity contribution in [1.29, 1.82) is 0 Å². The zero-order valence-corrected chi connectivity index (χ0v) is 11.1. The predicted octanol–water partition coefficient (Wildman–Crippen LogP) is 1.95. The van der Waals surface area contributed by atoms with E-state index in [-0.39, 0.29) is 12.0 Å². The molecule has 0 aliphatic carbocycles. The number of benzene rings is 1. The van der Waals surface area contributed by atoms with Gasteiger partial charge in [-0.2, -0.15) is 0 Å². The molecule has 0 radical (unpaired) electrons. The Labute approximate surface area is 117 Å². The zero-order valence-electron chi connectivity index (χ0n) is 11.1. The first-order valence-corrected chi connectivity index (χ1v) is 6.70. The fourth-order valence-electron chi connectivity index (χ4n) is 2.33. The largest absolute Gasteiger partial charge is 0.371 e. The highest BCUT2D eigenvalue weighted by atomic mass is 16.5. The minimum Gasteiger partial charge on any atom is -0.371 e. The third-order valence-electron chi connectivity index (χ3n) is 3.43. The number of rotatable bonds is 3. The van der Waals surface area contributed by atoms with Crippen LogP contribution in [0.1, 0.15) is 21.6 Å². The van der Waals surface area contributed by atoms with Crippen molar-refractivity contribution < 1.29 is 9.53 Å². The van der Waals surface area contributed by atoms with Crippen molar-refractivity contribution in [2.75, 3.05) is 6.54 Å². The third kappa shape index (κ3) is 2.86. The number of carbonyl (C=O) groups is 1. The lowest BCUT2D eigenvalue weighted by atomic mass is 9.99. The van der Waals surface area contributed by atoms with E-state index in [1.807, 2.05) is 12.1 Å². The SMILES string of the molecule is O=C(NCC1Cc2ccccc2CO1)c1ccccn1. The Bertz CT molecular complexity index is 598. The molecule has 1 amide bonds. The van der Waals surface area contributed by atoms with Crippen LogP contribution in [0.4, 0.5) is 0 Å². The number of nitrogens with one attached hydrogen (secondary N) is 1. The van der Waals surface area contributed by atoms with Crippen molar-refractivity contribution in [1.82, 2.24) is 10.3 Å². The topological polar surface area (TPSA) is 51.2 Å². The van der Waals surface area contributed by atoms with Gasteiger partial charge in [-0.05, 0) is 23.3 Å². The number of amides is 1. The Hall–Kier alpha value is -2.20. The normalized spacial score (nSPS) is 17.3. The fourth-order valence-corrected chi connectivity index (χ4v) is 2.33. The van der Waals surface area contributed by atoms with E-state index in [2.05, 4.69) is 22.4 Å². The molecule has 1 aliphatic heterocycles. The van der Waals surface area contributed by atoms with E-state index in [4.69, 9.17) is 4.74 Å². The standard InChI is InChI=1S/C16H16N2O2/c19-16(15-7-3-4-8-17-15)18-10-14-9-12-5-1-2-6-13(12)11-20-14/h1-8,14H,9-11H2,(H,18,19). The van der Waals surface area contributed by atoms with Gasteiger partial charge in [-0.1, -0.05) is 30.3 Å². The lowest BCUT2D eigenvalue weighted by molar-refractivity contribution is 0.0284. The molecule has 4 nitrogen and oxygen atoms in total. The highest BCUT2D eigenvalue weighted by molar-refractivity contribution is 5.92. The number of carbonyl (C=O) groups excluding carboxylic acids is 1. The van der Waals surface area contributed by atoms with Crippen LogP contribution in [0.5, 0.6) is 0 Å². The van der Waals surface area contributed by atoms with Crippen LogP contribution in [0.25, 0.3) is 0 Å². The molecule has 2 aromatic rings. The maximum absolute atomic E-state index is 11.9. The quantitative estimate of drug-likeness (QED) is 0.925. The van der Waals surface area contributed by atoms with Crippen molar-refractivity contribution in [2.24, 2.45) is 0 Å². The molecule has 2 heterocycles. The fraction of sp³-hybridized carbons (Fsp3) is 0.250. The van der Waals surface area contributed by atoms with Gasteiger partial charge in [0.05, 0.1) is 12.7 Å². The second-order valence-electron chi connectivity index (χ2n) is 4.83.